The van der Waals surface area contributed by atoms with Crippen LogP contribution in [0.2, 0.25) is 5.02 Å². The Morgan fingerprint density at radius 1 is 0.919 bits per heavy atom. The minimum absolute atomic E-state index is 0.0907. The van der Waals surface area contributed by atoms with Crippen molar-refractivity contribution in [3.63, 3.8) is 0 Å². The van der Waals surface area contributed by atoms with Gasteiger partial charge in [0.15, 0.2) is 5.82 Å². The van der Waals surface area contributed by atoms with Crippen molar-refractivity contribution >= 4 is 44.7 Å². The molecular weight excluding hydrogens is 827 g/mol. The number of nitrogens with zero attached hydrogens (tertiary/aromatic N) is 5. The highest BCUT2D eigenvalue weighted by molar-refractivity contribution is 7.23. The monoisotopic (exact) mass is 872 g/mol. The first kappa shape index (κ1) is 42.6. The van der Waals surface area contributed by atoms with Gasteiger partial charge in [-0.1, -0.05) is 60.1 Å². The molecule has 1 aliphatic heterocycles. The van der Waals surface area contributed by atoms with E-state index in [0.717, 1.165) is 75.5 Å². The Kier molecular flexibility index (Phi) is 13.2. The van der Waals surface area contributed by atoms with E-state index in [0.29, 0.717) is 51.6 Å². The standard InChI is InChI=1S/C48H46ClFN6O5S/c1-30-35(16-17-41(45(30)49)60-25-24-56-22-20-55(2)21-23-56)43-44-38(27-51-28-42(44)62-46(43)31-12-14-33(50)15-13-31)54-37(48(57)58)26-32-8-4-6-10-39(32)61-29-34-18-19-52-47(53-34)36-9-5-7-11-40(36)59-3/h4-19,27-28,37,54H,20-26,29H2,1-3H3,(H,57,58). The summed E-state index contributed by atoms with van der Waals surface area (Å²) in [5.41, 5.74) is 5.89. The molecule has 1 unspecified atom stereocenters. The van der Waals surface area contributed by atoms with Gasteiger partial charge in [0.1, 0.15) is 42.3 Å². The molecule has 0 radical (unpaired) electrons. The molecular formula is C48H46ClFN6O5S. The van der Waals surface area contributed by atoms with Crippen LogP contribution in [-0.4, -0.2) is 95.4 Å². The van der Waals surface area contributed by atoms with Crippen molar-refractivity contribution in [2.24, 2.45) is 0 Å². The highest BCUT2D eigenvalue weighted by Crippen LogP contribution is 2.50. The largest absolute Gasteiger partial charge is 0.496 e. The summed E-state index contributed by atoms with van der Waals surface area (Å²) in [6.45, 7) is 7.42. The molecule has 4 aromatic carbocycles. The van der Waals surface area contributed by atoms with E-state index in [2.05, 4.69) is 32.1 Å². The molecule has 11 nitrogen and oxygen atoms in total. The molecule has 4 heterocycles. The number of ether oxygens (including phenoxy) is 3. The van der Waals surface area contributed by atoms with Gasteiger partial charge in [0.2, 0.25) is 0 Å². The molecule has 0 bridgehead atoms. The normalized spacial score (nSPS) is 13.8. The van der Waals surface area contributed by atoms with Gasteiger partial charge < -0.3 is 29.5 Å². The number of rotatable bonds is 16. The number of carboxylic acid groups (broad SMARTS) is 1. The summed E-state index contributed by atoms with van der Waals surface area (Å²) < 4.78 is 33.1. The number of halogens is 2. The van der Waals surface area contributed by atoms with Crippen LogP contribution in [0.4, 0.5) is 10.1 Å². The van der Waals surface area contributed by atoms with Crippen LogP contribution in [0, 0.1) is 12.7 Å². The van der Waals surface area contributed by atoms with Crippen molar-refractivity contribution in [1.29, 1.82) is 0 Å². The first-order chi connectivity index (χ1) is 30.2. The Balaban J connectivity index is 1.08. The number of nitrogens with one attached hydrogen (secondary N) is 1. The fraction of sp³-hybridized carbons (Fsp3) is 0.250. The summed E-state index contributed by atoms with van der Waals surface area (Å²) >= 11 is 8.58. The lowest BCUT2D eigenvalue weighted by molar-refractivity contribution is -0.137. The molecule has 0 saturated carbocycles. The number of pyridine rings is 1. The number of piperazine rings is 1. The Morgan fingerprint density at radius 3 is 2.45 bits per heavy atom. The second-order valence-electron chi connectivity index (χ2n) is 15.1. The average Bonchev–Trinajstić information content (AvgIpc) is 3.68. The number of hydrogen-bond donors (Lipinski definition) is 2. The van der Waals surface area contributed by atoms with Crippen LogP contribution in [0.5, 0.6) is 17.2 Å². The molecule has 2 N–H and O–H groups in total. The van der Waals surface area contributed by atoms with Gasteiger partial charge in [-0.05, 0) is 78.7 Å². The summed E-state index contributed by atoms with van der Waals surface area (Å²) in [6.07, 6.45) is 5.17. The van der Waals surface area contributed by atoms with E-state index in [1.54, 1.807) is 43.9 Å². The smallest absolute Gasteiger partial charge is 0.326 e. The number of hydrogen-bond acceptors (Lipinski definition) is 11. The molecule has 3 aromatic heterocycles. The number of benzene rings is 4. The highest BCUT2D eigenvalue weighted by Gasteiger charge is 2.26. The second-order valence-corrected chi connectivity index (χ2v) is 16.6. The number of anilines is 1. The lowest BCUT2D eigenvalue weighted by Crippen LogP contribution is -2.45. The zero-order valence-corrected chi connectivity index (χ0v) is 36.2. The maximum absolute atomic E-state index is 14.2. The van der Waals surface area contributed by atoms with Gasteiger partial charge in [-0.25, -0.2) is 19.2 Å². The van der Waals surface area contributed by atoms with E-state index in [-0.39, 0.29) is 18.8 Å². The quantitative estimate of drug-likeness (QED) is 0.0966. The number of likely N-dealkylation sites (N-methyl/N-ethyl adjacent to an activating group) is 1. The van der Waals surface area contributed by atoms with Crippen LogP contribution in [0.3, 0.4) is 0 Å². The van der Waals surface area contributed by atoms with Crippen molar-refractivity contribution in [3.8, 4) is 50.2 Å². The SMILES string of the molecule is COc1ccccc1-c1nccc(COc2ccccc2CC(Nc2cncc3sc(-c4ccc(F)cc4)c(-c4ccc(OCCN5CCN(C)CC5)c(Cl)c4C)c23)C(=O)O)n1. The third kappa shape index (κ3) is 9.51. The molecule has 62 heavy (non-hydrogen) atoms. The van der Waals surface area contributed by atoms with E-state index in [1.807, 2.05) is 67.6 Å². The molecule has 8 rings (SSSR count). The van der Waals surface area contributed by atoms with E-state index in [4.69, 9.17) is 30.8 Å². The lowest BCUT2D eigenvalue weighted by atomic mass is 9.94. The summed E-state index contributed by atoms with van der Waals surface area (Å²) in [5, 5.41) is 15.3. The molecule has 1 fully saturated rings. The fourth-order valence-electron chi connectivity index (χ4n) is 7.63. The highest BCUT2D eigenvalue weighted by atomic mass is 35.5. The van der Waals surface area contributed by atoms with Crippen LogP contribution in [-0.2, 0) is 17.8 Å². The number of aromatic nitrogens is 3. The van der Waals surface area contributed by atoms with Gasteiger partial charge >= 0.3 is 5.97 Å². The Morgan fingerprint density at radius 2 is 1.68 bits per heavy atom. The first-order valence-corrected chi connectivity index (χ1v) is 21.5. The lowest BCUT2D eigenvalue weighted by Gasteiger charge is -2.32. The van der Waals surface area contributed by atoms with E-state index >= 15 is 0 Å². The number of para-hydroxylation sites is 2. The van der Waals surface area contributed by atoms with Crippen molar-refractivity contribution < 1.29 is 28.5 Å². The molecule has 0 aliphatic carbocycles. The van der Waals surface area contributed by atoms with Crippen LogP contribution in [0.15, 0.2) is 110 Å². The number of thiophene rings is 1. The van der Waals surface area contributed by atoms with Crippen LogP contribution in [0.25, 0.3) is 43.0 Å². The molecule has 0 amide bonds. The third-order valence-corrected chi connectivity index (χ3v) is 12.7. The van der Waals surface area contributed by atoms with E-state index < -0.39 is 12.0 Å². The number of carboxylic acids is 1. The maximum atomic E-state index is 14.2. The zero-order valence-electron chi connectivity index (χ0n) is 34.6. The van der Waals surface area contributed by atoms with E-state index in [1.165, 1.54) is 23.5 Å². The summed E-state index contributed by atoms with van der Waals surface area (Å²) in [5.74, 6) is 0.879. The van der Waals surface area contributed by atoms with Gasteiger partial charge in [-0.2, -0.15) is 0 Å². The Bertz CT molecular complexity index is 2690. The number of carbonyl (C=O) groups is 1. The predicted octanol–water partition coefficient (Wildman–Crippen LogP) is 9.51. The van der Waals surface area contributed by atoms with Crippen molar-refractivity contribution in [3.05, 3.63) is 137 Å². The van der Waals surface area contributed by atoms with Crippen LogP contribution < -0.4 is 19.5 Å². The molecule has 1 saturated heterocycles. The van der Waals surface area contributed by atoms with Crippen molar-refractivity contribution in [1.82, 2.24) is 24.8 Å². The summed E-state index contributed by atoms with van der Waals surface area (Å²) in [7, 11) is 3.74. The topological polar surface area (TPSA) is 122 Å². The molecule has 14 heteroatoms. The summed E-state index contributed by atoms with van der Waals surface area (Å²) in [4.78, 5) is 32.4. The predicted molar refractivity (Wildman–Crippen MR) is 243 cm³/mol. The molecule has 7 aromatic rings. The van der Waals surface area contributed by atoms with Gasteiger partial charge in [-0.15, -0.1) is 11.3 Å². The van der Waals surface area contributed by atoms with E-state index in [9.17, 15) is 14.3 Å². The third-order valence-electron chi connectivity index (χ3n) is 11.0. The van der Waals surface area contributed by atoms with Gasteiger partial charge in [0.05, 0.1) is 40.0 Å². The van der Waals surface area contributed by atoms with Crippen molar-refractivity contribution in [2.75, 3.05) is 58.8 Å². The Hall–Kier alpha value is -6.12. The van der Waals surface area contributed by atoms with Crippen LogP contribution in [0.1, 0.15) is 16.8 Å². The number of methoxy groups -OCH3 is 1. The number of fused-ring (bicyclic) bond motifs is 1. The van der Waals surface area contributed by atoms with Gasteiger partial charge in [-0.3, -0.25) is 9.88 Å². The van der Waals surface area contributed by atoms with Gasteiger partial charge in [0, 0.05) is 67.4 Å². The maximum Gasteiger partial charge on any atom is 0.326 e. The van der Waals surface area contributed by atoms with Crippen molar-refractivity contribution in [2.45, 2.75) is 26.0 Å². The fourth-order valence-corrected chi connectivity index (χ4v) is 9.06. The minimum atomic E-state index is -1.08. The second kappa shape index (κ2) is 19.3. The molecule has 1 aliphatic rings. The first-order valence-electron chi connectivity index (χ1n) is 20.3. The zero-order chi connectivity index (χ0) is 43.2. The molecule has 318 valence electrons. The summed E-state index contributed by atoms with van der Waals surface area (Å²) in [6, 6.07) is 25.8. The van der Waals surface area contributed by atoms with Crippen LogP contribution >= 0.6 is 22.9 Å². The molecule has 0 spiro atoms. The minimum Gasteiger partial charge on any atom is -0.496 e. The average molecular weight is 873 g/mol. The number of aliphatic carboxylic acids is 1. The Labute approximate surface area is 368 Å². The van der Waals surface area contributed by atoms with Gasteiger partial charge in [0.25, 0.3) is 0 Å². The molecule has 1 atom stereocenters.